The second kappa shape index (κ2) is 9.23. The molecule has 0 saturated carbocycles. The van der Waals surface area contributed by atoms with Gasteiger partial charge in [-0.25, -0.2) is 4.79 Å². The number of hydrogen-bond donors (Lipinski definition) is 1. The molecule has 0 aromatic heterocycles. The fourth-order valence-electron chi connectivity index (χ4n) is 3.35. The molecule has 0 spiro atoms. The van der Waals surface area contributed by atoms with E-state index in [4.69, 9.17) is 0 Å². The summed E-state index contributed by atoms with van der Waals surface area (Å²) in [5, 5.41) is 2.83. The van der Waals surface area contributed by atoms with Gasteiger partial charge < -0.3 is 19.9 Å². The first-order valence-electron chi connectivity index (χ1n) is 9.59. The average molecular weight is 395 g/mol. The van der Waals surface area contributed by atoms with Gasteiger partial charge in [-0.2, -0.15) is 0 Å². The highest BCUT2D eigenvalue weighted by atomic mass is 16.5. The van der Waals surface area contributed by atoms with Gasteiger partial charge in [-0.05, 0) is 61.4 Å². The molecule has 2 aromatic carbocycles. The van der Waals surface area contributed by atoms with E-state index in [2.05, 4.69) is 15.0 Å². The Kier molecular flexibility index (Phi) is 6.49. The van der Waals surface area contributed by atoms with Gasteiger partial charge in [0, 0.05) is 37.1 Å². The minimum Gasteiger partial charge on any atom is -0.465 e. The average Bonchev–Trinajstić information content (AvgIpc) is 3.27. The Morgan fingerprint density at radius 3 is 2.17 bits per heavy atom. The third-order valence-corrected chi connectivity index (χ3v) is 4.90. The molecule has 0 aliphatic carbocycles. The molecule has 2 aromatic rings. The predicted octanol–water partition coefficient (Wildman–Crippen LogP) is 3.07. The lowest BCUT2D eigenvalue weighted by molar-refractivity contribution is -0.120. The van der Waals surface area contributed by atoms with E-state index >= 15 is 0 Å². The molecule has 1 N–H and O–H groups in total. The number of nitrogens with one attached hydrogen (secondary N) is 1. The fourth-order valence-corrected chi connectivity index (χ4v) is 3.35. The lowest BCUT2D eigenvalue weighted by Gasteiger charge is -2.21. The molecule has 1 saturated heterocycles. The zero-order valence-electron chi connectivity index (χ0n) is 16.7. The van der Waals surface area contributed by atoms with E-state index in [1.165, 1.54) is 31.8 Å². The summed E-state index contributed by atoms with van der Waals surface area (Å²) >= 11 is 0. The van der Waals surface area contributed by atoms with Crippen molar-refractivity contribution in [1.82, 2.24) is 0 Å². The van der Waals surface area contributed by atoms with Gasteiger partial charge in [0.25, 0.3) is 0 Å². The van der Waals surface area contributed by atoms with Crippen LogP contribution in [0.15, 0.2) is 48.5 Å². The van der Waals surface area contributed by atoms with Crippen molar-refractivity contribution in [3.63, 3.8) is 0 Å². The summed E-state index contributed by atoms with van der Waals surface area (Å²) in [6, 6.07) is 14.1. The van der Waals surface area contributed by atoms with Gasteiger partial charge in [0.2, 0.25) is 11.8 Å². The molecule has 1 fully saturated rings. The first kappa shape index (κ1) is 20.4. The highest BCUT2D eigenvalue weighted by Crippen LogP contribution is 2.22. The molecule has 29 heavy (non-hydrogen) atoms. The molecule has 3 rings (SSSR count). The number of rotatable bonds is 6. The van der Waals surface area contributed by atoms with Gasteiger partial charge >= 0.3 is 5.97 Å². The first-order chi connectivity index (χ1) is 14.0. The van der Waals surface area contributed by atoms with Gasteiger partial charge in [-0.3, -0.25) is 9.59 Å². The lowest BCUT2D eigenvalue weighted by Crippen LogP contribution is -2.36. The maximum atomic E-state index is 12.5. The Balaban J connectivity index is 1.63. The molecule has 0 bridgehead atoms. The van der Waals surface area contributed by atoms with Crippen molar-refractivity contribution < 1.29 is 19.1 Å². The summed E-state index contributed by atoms with van der Waals surface area (Å²) in [5.41, 5.74) is 2.74. The fraction of sp³-hybridized carbons (Fsp3) is 0.318. The molecule has 0 radical (unpaired) electrons. The molecular formula is C22H25N3O4. The molecule has 2 amide bonds. The van der Waals surface area contributed by atoms with E-state index in [0.717, 1.165) is 18.8 Å². The third-order valence-electron chi connectivity index (χ3n) is 4.90. The van der Waals surface area contributed by atoms with Gasteiger partial charge in [-0.15, -0.1) is 0 Å². The highest BCUT2D eigenvalue weighted by Gasteiger charge is 2.17. The van der Waals surface area contributed by atoms with Crippen LogP contribution in [0.25, 0.3) is 0 Å². The van der Waals surface area contributed by atoms with Gasteiger partial charge in [0.05, 0.1) is 12.7 Å². The maximum Gasteiger partial charge on any atom is 0.337 e. The van der Waals surface area contributed by atoms with E-state index < -0.39 is 5.97 Å². The summed E-state index contributed by atoms with van der Waals surface area (Å²) in [4.78, 5) is 39.7. The Morgan fingerprint density at radius 1 is 1.00 bits per heavy atom. The van der Waals surface area contributed by atoms with Gasteiger partial charge in [-0.1, -0.05) is 0 Å². The molecular weight excluding hydrogens is 370 g/mol. The van der Waals surface area contributed by atoms with Crippen molar-refractivity contribution in [2.75, 3.05) is 41.9 Å². The molecule has 7 nitrogen and oxygen atoms in total. The highest BCUT2D eigenvalue weighted by molar-refractivity contribution is 6.02. The lowest BCUT2D eigenvalue weighted by atomic mass is 10.2. The molecule has 0 unspecified atom stereocenters. The van der Waals surface area contributed by atoms with E-state index in [-0.39, 0.29) is 18.4 Å². The van der Waals surface area contributed by atoms with Crippen LogP contribution in [-0.4, -0.2) is 44.5 Å². The molecule has 1 aliphatic heterocycles. The van der Waals surface area contributed by atoms with Gasteiger partial charge in [0.1, 0.15) is 6.54 Å². The Hall–Kier alpha value is -3.35. The predicted molar refractivity (Wildman–Crippen MR) is 112 cm³/mol. The van der Waals surface area contributed by atoms with Crippen molar-refractivity contribution in [1.29, 1.82) is 0 Å². The Labute approximate surface area is 170 Å². The van der Waals surface area contributed by atoms with Crippen LogP contribution in [0.1, 0.15) is 30.1 Å². The van der Waals surface area contributed by atoms with E-state index in [0.29, 0.717) is 16.9 Å². The number of hydrogen-bond acceptors (Lipinski definition) is 5. The number of methoxy groups -OCH3 is 1. The second-order valence-corrected chi connectivity index (χ2v) is 6.93. The number of amides is 2. The van der Waals surface area contributed by atoms with Crippen LogP contribution in [0.3, 0.4) is 0 Å². The topological polar surface area (TPSA) is 79.0 Å². The van der Waals surface area contributed by atoms with E-state index in [9.17, 15) is 14.4 Å². The number of anilines is 3. The molecule has 152 valence electrons. The Morgan fingerprint density at radius 2 is 1.62 bits per heavy atom. The normalized spacial score (nSPS) is 13.1. The standard InChI is InChI=1S/C22H25N3O4/c1-16(26)25(20-9-5-17(6-10-20)22(28)29-2)15-21(27)23-18-7-11-19(12-8-18)24-13-3-4-14-24/h5-12H,3-4,13-15H2,1-2H3,(H,23,27). The second-order valence-electron chi connectivity index (χ2n) is 6.93. The van der Waals surface area contributed by atoms with Crippen molar-refractivity contribution in [3.8, 4) is 0 Å². The van der Waals surface area contributed by atoms with Crippen LogP contribution in [0.2, 0.25) is 0 Å². The molecule has 0 atom stereocenters. The number of esters is 1. The van der Waals surface area contributed by atoms with Crippen LogP contribution in [0.5, 0.6) is 0 Å². The first-order valence-corrected chi connectivity index (χ1v) is 9.59. The molecule has 7 heteroatoms. The van der Waals surface area contributed by atoms with Crippen molar-refractivity contribution in [2.24, 2.45) is 0 Å². The SMILES string of the molecule is COC(=O)c1ccc(N(CC(=O)Nc2ccc(N3CCCC3)cc2)C(C)=O)cc1. The Bertz CT molecular complexity index is 872. The number of benzene rings is 2. The summed E-state index contributed by atoms with van der Waals surface area (Å²) < 4.78 is 4.67. The van der Waals surface area contributed by atoms with Crippen molar-refractivity contribution >= 4 is 34.8 Å². The largest absolute Gasteiger partial charge is 0.465 e. The zero-order chi connectivity index (χ0) is 20.8. The number of nitrogens with zero attached hydrogens (tertiary/aromatic N) is 2. The summed E-state index contributed by atoms with van der Waals surface area (Å²) in [6.07, 6.45) is 2.42. The van der Waals surface area contributed by atoms with E-state index in [1.54, 1.807) is 24.3 Å². The van der Waals surface area contributed by atoms with Crippen molar-refractivity contribution in [3.05, 3.63) is 54.1 Å². The van der Waals surface area contributed by atoms with Crippen LogP contribution in [-0.2, 0) is 14.3 Å². The van der Waals surface area contributed by atoms with Crippen LogP contribution in [0, 0.1) is 0 Å². The third kappa shape index (κ3) is 5.13. The number of carbonyl (C=O) groups is 3. The van der Waals surface area contributed by atoms with Crippen LogP contribution >= 0.6 is 0 Å². The molecule has 1 aliphatic rings. The maximum absolute atomic E-state index is 12.5. The number of carbonyl (C=O) groups excluding carboxylic acids is 3. The van der Waals surface area contributed by atoms with Crippen LogP contribution < -0.4 is 15.1 Å². The quantitative estimate of drug-likeness (QED) is 0.761. The summed E-state index contributed by atoms with van der Waals surface area (Å²) in [5.74, 6) is -1.03. The minimum atomic E-state index is -0.457. The minimum absolute atomic E-state index is 0.124. The zero-order valence-corrected chi connectivity index (χ0v) is 16.7. The smallest absolute Gasteiger partial charge is 0.337 e. The summed E-state index contributed by atoms with van der Waals surface area (Å²) in [6.45, 7) is 3.40. The van der Waals surface area contributed by atoms with E-state index in [1.807, 2.05) is 24.3 Å². The monoisotopic (exact) mass is 395 g/mol. The number of ether oxygens (including phenoxy) is 1. The van der Waals surface area contributed by atoms with Crippen molar-refractivity contribution in [2.45, 2.75) is 19.8 Å². The molecule has 1 heterocycles. The summed E-state index contributed by atoms with van der Waals surface area (Å²) in [7, 11) is 1.31. The van der Waals surface area contributed by atoms with Crippen LogP contribution in [0.4, 0.5) is 17.1 Å². The van der Waals surface area contributed by atoms with Gasteiger partial charge in [0.15, 0.2) is 0 Å².